The zero-order valence-electron chi connectivity index (χ0n) is 13.9. The monoisotopic (exact) mass is 306 g/mol. The van der Waals surface area contributed by atoms with E-state index in [-0.39, 0.29) is 6.03 Å². The van der Waals surface area contributed by atoms with Crippen molar-refractivity contribution in [3.8, 4) is 11.5 Å². The van der Waals surface area contributed by atoms with Gasteiger partial charge in [-0.05, 0) is 51.8 Å². The molecule has 122 valence electrons. The molecule has 0 heterocycles. The molecule has 0 aliphatic rings. The Morgan fingerprint density at radius 3 is 2.45 bits per heavy atom. The fourth-order valence-corrected chi connectivity index (χ4v) is 1.83. The minimum atomic E-state index is -0.197. The number of carbonyl (C=O) groups excluding carboxylic acids is 1. The second kappa shape index (κ2) is 9.71. The molecule has 22 heavy (non-hydrogen) atoms. The fraction of sp³-hybridized carbons (Fsp3) is 0.471. The van der Waals surface area contributed by atoms with Gasteiger partial charge in [0.05, 0.1) is 13.2 Å². The predicted octanol–water partition coefficient (Wildman–Crippen LogP) is 3.25. The van der Waals surface area contributed by atoms with Gasteiger partial charge < -0.3 is 20.1 Å². The molecule has 0 bridgehead atoms. The lowest BCUT2D eigenvalue weighted by molar-refractivity contribution is 0.244. The third-order valence-corrected chi connectivity index (χ3v) is 2.80. The van der Waals surface area contributed by atoms with Crippen molar-refractivity contribution in [1.82, 2.24) is 10.6 Å². The van der Waals surface area contributed by atoms with Crippen molar-refractivity contribution in [1.29, 1.82) is 0 Å². The first-order chi connectivity index (χ1) is 10.6. The average molecular weight is 306 g/mol. The summed E-state index contributed by atoms with van der Waals surface area (Å²) < 4.78 is 11.1. The molecular formula is C17H26N2O3. The van der Waals surface area contributed by atoms with E-state index < -0.39 is 0 Å². The van der Waals surface area contributed by atoms with Crippen LogP contribution in [-0.2, 0) is 6.42 Å². The molecule has 0 fully saturated rings. The minimum absolute atomic E-state index is 0.197. The number of carbonyl (C=O) groups is 1. The van der Waals surface area contributed by atoms with Gasteiger partial charge in [0.2, 0.25) is 0 Å². The third kappa shape index (κ3) is 6.52. The minimum Gasteiger partial charge on any atom is -0.490 e. The number of hydrogen-bond donors (Lipinski definition) is 2. The first-order valence-electron chi connectivity index (χ1n) is 7.63. The normalized spacial score (nSPS) is 9.82. The Kier molecular flexibility index (Phi) is 7.89. The van der Waals surface area contributed by atoms with Crippen molar-refractivity contribution in [2.24, 2.45) is 0 Å². The Labute approximate surface area is 132 Å². The van der Waals surface area contributed by atoms with Crippen LogP contribution in [0.25, 0.3) is 0 Å². The molecule has 5 nitrogen and oxygen atoms in total. The molecule has 1 aromatic rings. The van der Waals surface area contributed by atoms with Crippen molar-refractivity contribution in [3.05, 3.63) is 35.5 Å². The largest absolute Gasteiger partial charge is 0.490 e. The summed E-state index contributed by atoms with van der Waals surface area (Å²) in [5, 5.41) is 5.48. The number of urea groups is 1. The van der Waals surface area contributed by atoms with E-state index >= 15 is 0 Å². The average Bonchev–Trinajstić information content (AvgIpc) is 2.48. The van der Waals surface area contributed by atoms with Crippen LogP contribution in [0.2, 0.25) is 0 Å². The van der Waals surface area contributed by atoms with Crippen molar-refractivity contribution in [2.45, 2.75) is 34.1 Å². The standard InChI is InChI=1S/C17H26N2O3/c1-5-21-15-8-7-14(11-16(15)22-6-2)9-10-18-17(20)19-12-13(3)4/h7-8,11-12H,5-6,9-10H2,1-4H3,(H2,18,19,20). The first kappa shape index (κ1) is 17.9. The molecule has 0 spiro atoms. The second-order valence-corrected chi connectivity index (χ2v) is 5.02. The highest BCUT2D eigenvalue weighted by Gasteiger charge is 2.06. The Morgan fingerprint density at radius 1 is 1.14 bits per heavy atom. The molecule has 0 radical (unpaired) electrons. The Bertz CT molecular complexity index is 509. The summed E-state index contributed by atoms with van der Waals surface area (Å²) in [6.45, 7) is 9.49. The van der Waals surface area contributed by atoms with Crippen molar-refractivity contribution in [3.63, 3.8) is 0 Å². The molecule has 0 aromatic heterocycles. The van der Waals surface area contributed by atoms with E-state index in [1.807, 2.05) is 45.9 Å². The molecule has 0 unspecified atom stereocenters. The Morgan fingerprint density at radius 2 is 1.82 bits per heavy atom. The van der Waals surface area contributed by atoms with Gasteiger partial charge >= 0.3 is 6.03 Å². The highest BCUT2D eigenvalue weighted by Crippen LogP contribution is 2.28. The van der Waals surface area contributed by atoms with E-state index in [4.69, 9.17) is 9.47 Å². The first-order valence-corrected chi connectivity index (χ1v) is 7.63. The van der Waals surface area contributed by atoms with Gasteiger partial charge in [0, 0.05) is 12.7 Å². The summed E-state index contributed by atoms with van der Waals surface area (Å²) in [7, 11) is 0. The van der Waals surface area contributed by atoms with Gasteiger partial charge in [-0.2, -0.15) is 0 Å². The summed E-state index contributed by atoms with van der Waals surface area (Å²) in [5.41, 5.74) is 2.14. The zero-order chi connectivity index (χ0) is 16.4. The van der Waals surface area contributed by atoms with Gasteiger partial charge in [0.25, 0.3) is 0 Å². The van der Waals surface area contributed by atoms with E-state index in [0.29, 0.717) is 19.8 Å². The molecular weight excluding hydrogens is 280 g/mol. The number of amides is 2. The van der Waals surface area contributed by atoms with E-state index in [1.165, 1.54) is 0 Å². The molecule has 0 atom stereocenters. The van der Waals surface area contributed by atoms with Crippen LogP contribution in [0.1, 0.15) is 33.3 Å². The van der Waals surface area contributed by atoms with Gasteiger partial charge in [-0.15, -0.1) is 0 Å². The van der Waals surface area contributed by atoms with Gasteiger partial charge in [-0.1, -0.05) is 11.6 Å². The van der Waals surface area contributed by atoms with Crippen LogP contribution >= 0.6 is 0 Å². The molecule has 0 saturated heterocycles. The smallest absolute Gasteiger partial charge is 0.318 e. The van der Waals surface area contributed by atoms with Crippen LogP contribution < -0.4 is 20.1 Å². The molecule has 0 saturated carbocycles. The quantitative estimate of drug-likeness (QED) is 0.775. The number of hydrogen-bond acceptors (Lipinski definition) is 3. The van der Waals surface area contributed by atoms with Gasteiger partial charge in [0.15, 0.2) is 11.5 Å². The van der Waals surface area contributed by atoms with E-state index in [9.17, 15) is 4.79 Å². The van der Waals surface area contributed by atoms with Gasteiger partial charge in [-0.25, -0.2) is 4.79 Å². The highest BCUT2D eigenvalue weighted by atomic mass is 16.5. The van der Waals surface area contributed by atoms with Crippen LogP contribution in [0, 0.1) is 0 Å². The van der Waals surface area contributed by atoms with E-state index in [0.717, 1.165) is 29.1 Å². The van der Waals surface area contributed by atoms with E-state index in [1.54, 1.807) is 6.20 Å². The number of rotatable bonds is 8. The Balaban J connectivity index is 2.53. The number of nitrogens with one attached hydrogen (secondary N) is 2. The number of ether oxygens (including phenoxy) is 2. The van der Waals surface area contributed by atoms with Gasteiger partial charge in [-0.3, -0.25) is 0 Å². The SMILES string of the molecule is CCOc1ccc(CCNC(=O)NC=C(C)C)cc1OCC. The Hall–Kier alpha value is -2.17. The van der Waals surface area contributed by atoms with Gasteiger partial charge in [0.1, 0.15) is 0 Å². The maximum atomic E-state index is 11.5. The van der Waals surface area contributed by atoms with Crippen LogP contribution in [0.3, 0.4) is 0 Å². The van der Waals surface area contributed by atoms with Crippen molar-refractivity contribution >= 4 is 6.03 Å². The molecule has 2 N–H and O–H groups in total. The van der Waals surface area contributed by atoms with Crippen LogP contribution in [0.5, 0.6) is 11.5 Å². The third-order valence-electron chi connectivity index (χ3n) is 2.80. The summed E-state index contributed by atoms with van der Waals surface area (Å²) >= 11 is 0. The lowest BCUT2D eigenvalue weighted by Crippen LogP contribution is -2.33. The highest BCUT2D eigenvalue weighted by molar-refractivity contribution is 5.74. The number of allylic oxidation sites excluding steroid dienone is 1. The fourth-order valence-electron chi connectivity index (χ4n) is 1.83. The number of benzene rings is 1. The maximum absolute atomic E-state index is 11.5. The predicted molar refractivity (Wildman–Crippen MR) is 88.4 cm³/mol. The summed E-state index contributed by atoms with van der Waals surface area (Å²) in [6.07, 6.45) is 2.41. The maximum Gasteiger partial charge on any atom is 0.318 e. The molecule has 0 aliphatic carbocycles. The summed E-state index contributed by atoms with van der Waals surface area (Å²) in [6, 6.07) is 5.66. The molecule has 2 amide bonds. The lowest BCUT2D eigenvalue weighted by atomic mass is 10.1. The zero-order valence-corrected chi connectivity index (χ0v) is 13.9. The van der Waals surface area contributed by atoms with E-state index in [2.05, 4.69) is 10.6 Å². The molecule has 1 rings (SSSR count). The van der Waals surface area contributed by atoms with Crippen molar-refractivity contribution < 1.29 is 14.3 Å². The van der Waals surface area contributed by atoms with Crippen LogP contribution in [-0.4, -0.2) is 25.8 Å². The molecule has 1 aromatic carbocycles. The van der Waals surface area contributed by atoms with Crippen LogP contribution in [0.4, 0.5) is 4.79 Å². The van der Waals surface area contributed by atoms with Crippen molar-refractivity contribution in [2.75, 3.05) is 19.8 Å². The second-order valence-electron chi connectivity index (χ2n) is 5.02. The lowest BCUT2D eigenvalue weighted by Gasteiger charge is -2.12. The van der Waals surface area contributed by atoms with Crippen LogP contribution in [0.15, 0.2) is 30.0 Å². The molecule has 5 heteroatoms. The molecule has 0 aliphatic heterocycles. The summed E-state index contributed by atoms with van der Waals surface area (Å²) in [5.74, 6) is 1.50. The topological polar surface area (TPSA) is 59.6 Å². The summed E-state index contributed by atoms with van der Waals surface area (Å²) in [4.78, 5) is 11.5.